The predicted octanol–water partition coefficient (Wildman–Crippen LogP) is 6.33. The maximum atomic E-state index is 11.9. The molecule has 1 atom stereocenters. The highest BCUT2D eigenvalue weighted by Gasteiger charge is 2.33. The van der Waals surface area contributed by atoms with Gasteiger partial charge < -0.3 is 19.5 Å². The number of carboxylic acids is 1. The van der Waals surface area contributed by atoms with Gasteiger partial charge in [0.25, 0.3) is 0 Å². The Morgan fingerprint density at radius 3 is 2.57 bits per heavy atom. The van der Waals surface area contributed by atoms with Crippen LogP contribution in [0.1, 0.15) is 49.1 Å². The number of anilines is 1. The lowest BCUT2D eigenvalue weighted by molar-refractivity contribution is -0.136. The highest BCUT2D eigenvalue weighted by atomic mass is 16.5. The first-order valence-electron chi connectivity index (χ1n) is 14.7. The number of nitrogens with zero attached hydrogens (tertiary/aromatic N) is 4. The van der Waals surface area contributed by atoms with Crippen LogP contribution >= 0.6 is 0 Å². The van der Waals surface area contributed by atoms with Gasteiger partial charge in [-0.3, -0.25) is 4.79 Å². The van der Waals surface area contributed by atoms with Crippen LogP contribution in [0.3, 0.4) is 0 Å². The molecule has 6 bridgehead atoms. The summed E-state index contributed by atoms with van der Waals surface area (Å²) < 4.78 is 14.7. The number of aromatic nitrogens is 3. The topological polar surface area (TPSA) is 89.2 Å². The highest BCUT2D eigenvalue weighted by Crippen LogP contribution is 2.37. The Balaban J connectivity index is 1.54. The van der Waals surface area contributed by atoms with E-state index in [0.717, 1.165) is 59.9 Å². The molecule has 1 saturated heterocycles. The molecule has 8 heteroatoms. The number of hydrogen-bond donors (Lipinski definition) is 1. The van der Waals surface area contributed by atoms with Gasteiger partial charge in [0.1, 0.15) is 17.7 Å². The van der Waals surface area contributed by atoms with Crippen LogP contribution in [-0.2, 0) is 16.0 Å². The average Bonchev–Trinajstić information content (AvgIpc) is 3.37. The molecule has 3 aliphatic heterocycles. The van der Waals surface area contributed by atoms with E-state index in [9.17, 15) is 9.90 Å². The minimum Gasteiger partial charge on any atom is -0.486 e. The van der Waals surface area contributed by atoms with Crippen molar-refractivity contribution in [3.8, 4) is 28.1 Å². The third-order valence-electron chi connectivity index (χ3n) is 8.64. The molecule has 1 fully saturated rings. The number of benzene rings is 2. The fraction of sp³-hybridized carbons (Fsp3) is 0.382. The molecule has 0 radical (unpaired) electrons. The Kier molecular flexibility index (Phi) is 7.27. The van der Waals surface area contributed by atoms with Gasteiger partial charge in [0.05, 0.1) is 24.3 Å². The lowest BCUT2D eigenvalue weighted by atomic mass is 9.93. The molecule has 42 heavy (non-hydrogen) atoms. The van der Waals surface area contributed by atoms with Crippen molar-refractivity contribution < 1.29 is 19.4 Å². The number of aryl methyl sites for hydroxylation is 3. The standard InChI is InChI=1S/C34H38N4O4/c1-21-16-28-25-9-6-10-26(18-25)29-20-31-35-24(4)27(19-32(39)40)33(38(31)36-29)37-13-11-34(5,12-14-37)41-15-7-8-23(3)42-30(28)17-22(21)2/h6-10,16-18,20,23H,11-15,19H2,1-5H3,(H,39,40)/b8-7+. The van der Waals surface area contributed by atoms with Crippen LogP contribution in [-0.4, -0.2) is 57.1 Å². The van der Waals surface area contributed by atoms with Crippen molar-refractivity contribution in [2.45, 2.75) is 65.6 Å². The van der Waals surface area contributed by atoms with Gasteiger partial charge in [-0.1, -0.05) is 24.3 Å². The van der Waals surface area contributed by atoms with Crippen LogP contribution in [0, 0.1) is 20.8 Å². The lowest BCUT2D eigenvalue weighted by Crippen LogP contribution is -2.45. The first-order valence-corrected chi connectivity index (χ1v) is 14.7. The lowest BCUT2D eigenvalue weighted by Gasteiger charge is -2.40. The number of aliphatic carboxylic acids is 1. The normalized spacial score (nSPS) is 21.4. The summed E-state index contributed by atoms with van der Waals surface area (Å²) in [5.74, 6) is 0.752. The summed E-state index contributed by atoms with van der Waals surface area (Å²) in [5, 5.41) is 14.8. The molecule has 2 aromatic carbocycles. The number of rotatable bonds is 2. The second kappa shape index (κ2) is 10.9. The molecule has 0 amide bonds. The maximum Gasteiger partial charge on any atom is 0.308 e. The van der Waals surface area contributed by atoms with Crippen LogP contribution < -0.4 is 9.64 Å². The maximum absolute atomic E-state index is 11.9. The fourth-order valence-electron chi connectivity index (χ4n) is 5.99. The van der Waals surface area contributed by atoms with Crippen LogP contribution in [0.2, 0.25) is 0 Å². The van der Waals surface area contributed by atoms with Crippen molar-refractivity contribution in [2.75, 3.05) is 24.6 Å². The third kappa shape index (κ3) is 5.39. The zero-order valence-corrected chi connectivity index (χ0v) is 25.0. The molecular weight excluding hydrogens is 528 g/mol. The predicted molar refractivity (Wildman–Crippen MR) is 164 cm³/mol. The molecular formula is C34H38N4O4. The molecule has 4 aromatic rings. The van der Waals surface area contributed by atoms with Crippen LogP contribution in [0.5, 0.6) is 5.75 Å². The quantitative estimate of drug-likeness (QED) is 0.284. The van der Waals surface area contributed by atoms with E-state index in [2.05, 4.69) is 62.1 Å². The van der Waals surface area contributed by atoms with E-state index < -0.39 is 5.97 Å². The minimum atomic E-state index is -0.885. The third-order valence-corrected chi connectivity index (χ3v) is 8.64. The summed E-state index contributed by atoms with van der Waals surface area (Å²) in [6.07, 6.45) is 5.48. The van der Waals surface area contributed by atoms with Gasteiger partial charge in [-0.15, -0.1) is 0 Å². The van der Waals surface area contributed by atoms with E-state index in [1.165, 1.54) is 11.1 Å². The van der Waals surface area contributed by atoms with Crippen LogP contribution in [0.25, 0.3) is 28.0 Å². The summed E-state index contributed by atoms with van der Waals surface area (Å²) >= 11 is 0. The first-order chi connectivity index (χ1) is 20.1. The van der Waals surface area contributed by atoms with E-state index in [1.807, 2.05) is 36.6 Å². The second-order valence-corrected chi connectivity index (χ2v) is 11.9. The smallest absolute Gasteiger partial charge is 0.308 e. The molecule has 8 nitrogen and oxygen atoms in total. The van der Waals surface area contributed by atoms with E-state index in [-0.39, 0.29) is 18.1 Å². The molecule has 218 valence electrons. The van der Waals surface area contributed by atoms with E-state index in [0.29, 0.717) is 23.5 Å². The van der Waals surface area contributed by atoms with Gasteiger partial charge in [0.15, 0.2) is 5.65 Å². The van der Waals surface area contributed by atoms with E-state index in [4.69, 9.17) is 19.6 Å². The number of piperidine rings is 1. The van der Waals surface area contributed by atoms with E-state index in [1.54, 1.807) is 0 Å². The minimum absolute atomic E-state index is 0.114. The van der Waals surface area contributed by atoms with Crippen LogP contribution in [0.4, 0.5) is 5.82 Å². The monoisotopic (exact) mass is 566 g/mol. The summed E-state index contributed by atoms with van der Waals surface area (Å²) in [5.41, 5.74) is 7.98. The molecule has 0 saturated carbocycles. The Bertz CT molecular complexity index is 1700. The van der Waals surface area contributed by atoms with Crippen molar-refractivity contribution in [3.63, 3.8) is 0 Å². The second-order valence-electron chi connectivity index (χ2n) is 11.9. The van der Waals surface area contributed by atoms with Gasteiger partial charge in [-0.05, 0) is 88.4 Å². The van der Waals surface area contributed by atoms with E-state index >= 15 is 0 Å². The van der Waals surface area contributed by atoms with Crippen molar-refractivity contribution >= 4 is 17.4 Å². The number of hydrogen-bond acceptors (Lipinski definition) is 6. The molecule has 1 unspecified atom stereocenters. The first kappa shape index (κ1) is 28.0. The molecule has 3 aliphatic rings. The Morgan fingerprint density at radius 1 is 1.07 bits per heavy atom. The van der Waals surface area contributed by atoms with Gasteiger partial charge in [-0.25, -0.2) is 4.98 Å². The molecule has 0 aliphatic carbocycles. The summed E-state index contributed by atoms with van der Waals surface area (Å²) in [6, 6.07) is 14.6. The fourth-order valence-corrected chi connectivity index (χ4v) is 5.99. The molecule has 0 spiro atoms. The SMILES string of the molecule is Cc1cc2c(cc1C)-c1cccc(c1)-c1cc3nc(C)c(CC(=O)O)c(n3n1)N1CCC(C)(CC1)OC/C=C/C(C)O2. The number of carbonyl (C=O) groups is 1. The Labute approximate surface area is 246 Å². The van der Waals surface area contributed by atoms with Gasteiger partial charge in [0.2, 0.25) is 0 Å². The van der Waals surface area contributed by atoms with Crippen LogP contribution in [0.15, 0.2) is 54.6 Å². The summed E-state index contributed by atoms with van der Waals surface area (Å²) in [7, 11) is 0. The van der Waals surface area contributed by atoms with Gasteiger partial charge in [-0.2, -0.15) is 9.61 Å². The number of ether oxygens (including phenoxy) is 2. The molecule has 5 heterocycles. The van der Waals surface area contributed by atoms with Crippen molar-refractivity contribution in [1.82, 2.24) is 14.6 Å². The van der Waals surface area contributed by atoms with Gasteiger partial charge in [0, 0.05) is 41.5 Å². The zero-order chi connectivity index (χ0) is 29.6. The summed E-state index contributed by atoms with van der Waals surface area (Å²) in [6.45, 7) is 12.3. The van der Waals surface area contributed by atoms with Crippen molar-refractivity contribution in [1.29, 1.82) is 0 Å². The summed E-state index contributed by atoms with van der Waals surface area (Å²) in [4.78, 5) is 19.0. The zero-order valence-electron chi connectivity index (χ0n) is 25.0. The number of fused-ring (bicyclic) bond motifs is 6. The largest absolute Gasteiger partial charge is 0.486 e. The van der Waals surface area contributed by atoms with Crippen molar-refractivity contribution in [2.24, 2.45) is 0 Å². The highest BCUT2D eigenvalue weighted by molar-refractivity contribution is 5.78. The van der Waals surface area contributed by atoms with Gasteiger partial charge >= 0.3 is 5.97 Å². The Morgan fingerprint density at radius 2 is 1.81 bits per heavy atom. The van der Waals surface area contributed by atoms with Crippen molar-refractivity contribution in [3.05, 3.63) is 77.0 Å². The average molecular weight is 567 g/mol. The number of carboxylic acid groups (broad SMARTS) is 1. The molecule has 2 aromatic heterocycles. The molecule has 7 rings (SSSR count). The molecule has 1 N–H and O–H groups in total. The Hall–Kier alpha value is -4.17.